The molecule has 5 rings (SSSR count). The van der Waals surface area contributed by atoms with E-state index in [0.717, 1.165) is 36.4 Å². The number of halogens is 6. The van der Waals surface area contributed by atoms with Gasteiger partial charge in [-0.25, -0.2) is 0 Å². The minimum absolute atomic E-state index is 0.0552. The van der Waals surface area contributed by atoms with Gasteiger partial charge in [0.1, 0.15) is 23.0 Å². The number of hydrogen-bond acceptors (Lipinski definition) is 6. The van der Waals surface area contributed by atoms with Gasteiger partial charge in [0.2, 0.25) is 5.41 Å². The Hall–Kier alpha value is -5.52. The highest BCUT2D eigenvalue weighted by molar-refractivity contribution is 5.53. The van der Waals surface area contributed by atoms with Crippen molar-refractivity contribution in [2.24, 2.45) is 0 Å². The van der Waals surface area contributed by atoms with Gasteiger partial charge < -0.3 is 32.4 Å². The summed E-state index contributed by atoms with van der Waals surface area (Å²) in [6.45, 7) is 0. The van der Waals surface area contributed by atoms with E-state index < -0.39 is 28.9 Å². The molecule has 234 valence electrons. The Kier molecular flexibility index (Phi) is 9.36. The predicted molar refractivity (Wildman–Crippen MR) is 163 cm³/mol. The van der Waals surface area contributed by atoms with Crippen LogP contribution in [-0.4, -0.2) is 12.4 Å². The minimum atomic E-state index is -5.63. The molecule has 0 saturated heterocycles. The molecule has 0 aliphatic heterocycles. The lowest BCUT2D eigenvalue weighted by atomic mass is 9.72. The molecular weight excluding hydrogens is 598 g/mol. The van der Waals surface area contributed by atoms with Crippen molar-refractivity contribution in [3.63, 3.8) is 0 Å². The van der Waals surface area contributed by atoms with Crippen LogP contribution >= 0.6 is 0 Å². The van der Waals surface area contributed by atoms with Gasteiger partial charge >= 0.3 is 12.4 Å². The minimum Gasteiger partial charge on any atom is -0.457 e. The lowest BCUT2D eigenvalue weighted by molar-refractivity contribution is -0.288. The molecule has 0 aromatic heterocycles. The highest BCUT2D eigenvalue weighted by Gasteiger charge is 2.72. The predicted octanol–water partition coefficient (Wildman–Crippen LogP) is 8.70. The Labute approximate surface area is 254 Å². The van der Waals surface area contributed by atoms with E-state index in [1.54, 1.807) is 12.1 Å². The smallest absolute Gasteiger partial charge is 0.411 e. The second kappa shape index (κ2) is 13.0. The molecule has 5 aromatic carbocycles. The van der Waals surface area contributed by atoms with E-state index in [2.05, 4.69) is 0 Å². The zero-order valence-corrected chi connectivity index (χ0v) is 23.4. The van der Waals surface area contributed by atoms with Crippen molar-refractivity contribution in [2.45, 2.75) is 17.8 Å². The Morgan fingerprint density at radius 1 is 0.378 bits per heavy atom. The molecule has 0 spiro atoms. The maximum atomic E-state index is 13.7. The molecular formula is C33H28F6N4O2. The van der Waals surface area contributed by atoms with E-state index in [9.17, 15) is 26.3 Å². The number of hydrogen-bond donors (Lipinski definition) is 4. The molecule has 0 heterocycles. The molecule has 0 aliphatic rings. The number of rotatable bonds is 6. The summed E-state index contributed by atoms with van der Waals surface area (Å²) in [6.07, 6.45) is -11.3. The molecule has 0 aliphatic carbocycles. The first kappa shape index (κ1) is 32.4. The fourth-order valence-corrected chi connectivity index (χ4v) is 4.52. The highest BCUT2D eigenvalue weighted by Crippen LogP contribution is 2.56. The Balaban J connectivity index is 0.000000205. The highest BCUT2D eigenvalue weighted by atomic mass is 19.4. The Bertz CT molecular complexity index is 1660. The van der Waals surface area contributed by atoms with Crippen molar-refractivity contribution >= 4 is 22.7 Å². The molecule has 8 N–H and O–H groups in total. The van der Waals surface area contributed by atoms with E-state index in [-0.39, 0.29) is 11.4 Å². The van der Waals surface area contributed by atoms with Crippen LogP contribution in [0.4, 0.5) is 49.1 Å². The molecule has 0 atom stereocenters. The summed E-state index contributed by atoms with van der Waals surface area (Å²) in [5.41, 5.74) is 17.2. The SMILES string of the molecule is Nc1ccc(C(c2cccc(N)c2)(C(F)(F)F)C(F)(F)F)cc1.Nc1cccc(Oc2cccc(Oc3cccc(N)c3)c2)c1. The Morgan fingerprint density at radius 2 is 0.756 bits per heavy atom. The van der Waals surface area contributed by atoms with Crippen LogP contribution < -0.4 is 32.4 Å². The van der Waals surface area contributed by atoms with Crippen LogP contribution in [0.2, 0.25) is 0 Å². The van der Waals surface area contributed by atoms with Crippen LogP contribution in [0.5, 0.6) is 23.0 Å². The first-order chi connectivity index (χ1) is 21.2. The van der Waals surface area contributed by atoms with Crippen LogP contribution in [0.15, 0.2) is 121 Å². The van der Waals surface area contributed by atoms with Crippen molar-refractivity contribution < 1.29 is 35.8 Å². The molecule has 0 bridgehead atoms. The second-order valence-corrected chi connectivity index (χ2v) is 9.82. The fraction of sp³-hybridized carbons (Fsp3) is 0.0909. The van der Waals surface area contributed by atoms with E-state index in [4.69, 9.17) is 32.4 Å². The summed E-state index contributed by atoms with van der Waals surface area (Å²) in [6, 6.07) is 29.1. The van der Waals surface area contributed by atoms with Crippen LogP contribution in [-0.2, 0) is 5.41 Å². The number of nitrogen functional groups attached to an aromatic ring is 4. The van der Waals surface area contributed by atoms with Gasteiger partial charge in [-0.05, 0) is 71.8 Å². The average molecular weight is 627 g/mol. The van der Waals surface area contributed by atoms with E-state index >= 15 is 0 Å². The van der Waals surface area contributed by atoms with Crippen molar-refractivity contribution in [1.29, 1.82) is 0 Å². The van der Waals surface area contributed by atoms with Crippen molar-refractivity contribution in [3.8, 4) is 23.0 Å². The van der Waals surface area contributed by atoms with Crippen molar-refractivity contribution in [2.75, 3.05) is 22.9 Å². The van der Waals surface area contributed by atoms with Gasteiger partial charge in [-0.1, -0.05) is 42.5 Å². The van der Waals surface area contributed by atoms with Gasteiger partial charge in [0, 0.05) is 40.9 Å². The number of alkyl halides is 6. The van der Waals surface area contributed by atoms with Crippen LogP contribution in [0.1, 0.15) is 11.1 Å². The number of nitrogens with two attached hydrogens (primary N) is 4. The molecule has 5 aromatic rings. The molecule has 0 radical (unpaired) electrons. The maximum Gasteiger partial charge on any atom is 0.411 e. The second-order valence-electron chi connectivity index (χ2n) is 9.82. The largest absolute Gasteiger partial charge is 0.457 e. The van der Waals surface area contributed by atoms with Gasteiger partial charge in [-0.15, -0.1) is 0 Å². The fourth-order valence-electron chi connectivity index (χ4n) is 4.52. The van der Waals surface area contributed by atoms with E-state index in [1.807, 2.05) is 60.7 Å². The van der Waals surface area contributed by atoms with Crippen LogP contribution in [0.3, 0.4) is 0 Å². The monoisotopic (exact) mass is 626 g/mol. The lowest BCUT2D eigenvalue weighted by Gasteiger charge is -2.38. The van der Waals surface area contributed by atoms with Gasteiger partial charge in [0.15, 0.2) is 0 Å². The molecule has 0 unspecified atom stereocenters. The van der Waals surface area contributed by atoms with Crippen molar-refractivity contribution in [3.05, 3.63) is 132 Å². The zero-order chi connectivity index (χ0) is 32.8. The number of anilines is 4. The molecule has 0 saturated carbocycles. The molecule has 0 fully saturated rings. The Morgan fingerprint density at radius 3 is 1.16 bits per heavy atom. The summed E-state index contributed by atoms with van der Waals surface area (Å²) in [4.78, 5) is 0. The van der Waals surface area contributed by atoms with Gasteiger partial charge in [-0.2, -0.15) is 26.3 Å². The standard InChI is InChI=1S/C18H16N2O2.C15H12F6N2/c19-13-4-1-6-15(10-13)21-17-8-3-9-18(12-17)22-16-7-2-5-14(20)11-16;16-14(17,18)13(15(19,20)21,9-4-6-11(22)7-5-9)10-2-1-3-12(23)8-10/h1-12H,19-20H2;1-8H,22-23H2. The van der Waals surface area contributed by atoms with Gasteiger partial charge in [0.05, 0.1) is 0 Å². The molecule has 12 heteroatoms. The lowest BCUT2D eigenvalue weighted by Crippen LogP contribution is -2.54. The zero-order valence-electron chi connectivity index (χ0n) is 23.4. The quantitative estimate of drug-likeness (QED) is 0.110. The van der Waals surface area contributed by atoms with Crippen LogP contribution in [0.25, 0.3) is 0 Å². The maximum absolute atomic E-state index is 13.7. The van der Waals surface area contributed by atoms with Crippen molar-refractivity contribution in [1.82, 2.24) is 0 Å². The van der Waals surface area contributed by atoms with Gasteiger partial charge in [0.25, 0.3) is 0 Å². The third kappa shape index (κ3) is 7.53. The summed E-state index contributed by atoms with van der Waals surface area (Å²) in [5, 5.41) is 0. The number of benzene rings is 5. The van der Waals surface area contributed by atoms with Gasteiger partial charge in [-0.3, -0.25) is 0 Å². The summed E-state index contributed by atoms with van der Waals surface area (Å²) in [5.74, 6) is 2.71. The summed E-state index contributed by atoms with van der Waals surface area (Å²) < 4.78 is 93.6. The number of ether oxygens (including phenoxy) is 2. The molecule has 6 nitrogen and oxygen atoms in total. The third-order valence-corrected chi connectivity index (χ3v) is 6.51. The summed E-state index contributed by atoms with van der Waals surface area (Å²) >= 11 is 0. The first-order valence-electron chi connectivity index (χ1n) is 13.2. The van der Waals surface area contributed by atoms with E-state index in [0.29, 0.717) is 40.4 Å². The topological polar surface area (TPSA) is 123 Å². The third-order valence-electron chi connectivity index (χ3n) is 6.51. The molecule has 45 heavy (non-hydrogen) atoms. The molecule has 0 amide bonds. The average Bonchev–Trinajstić information content (AvgIpc) is 2.94. The normalized spacial score (nSPS) is 11.7. The van der Waals surface area contributed by atoms with Crippen LogP contribution in [0, 0.1) is 0 Å². The van der Waals surface area contributed by atoms with E-state index in [1.165, 1.54) is 6.07 Å². The summed E-state index contributed by atoms with van der Waals surface area (Å²) in [7, 11) is 0. The first-order valence-corrected chi connectivity index (χ1v) is 13.2.